The summed E-state index contributed by atoms with van der Waals surface area (Å²) < 4.78 is 18.7. The standard InChI is InChI=1S/C19H17ClFNO3S/c1-2-25-19(24)16-11-26-18(14-8-3-4-9-15(14)20)22(16)17(23)12-6-5-7-13(21)10-12/h3-10,16,18H,2,11H2,1H3. The Morgan fingerprint density at radius 3 is 2.73 bits per heavy atom. The van der Waals surface area contributed by atoms with E-state index in [1.807, 2.05) is 12.1 Å². The van der Waals surface area contributed by atoms with E-state index in [0.717, 1.165) is 11.6 Å². The molecule has 0 spiro atoms. The zero-order valence-corrected chi connectivity index (χ0v) is 15.6. The summed E-state index contributed by atoms with van der Waals surface area (Å²) >= 11 is 7.74. The number of amides is 1. The van der Waals surface area contributed by atoms with Gasteiger partial charge in [0.25, 0.3) is 5.91 Å². The molecule has 26 heavy (non-hydrogen) atoms. The summed E-state index contributed by atoms with van der Waals surface area (Å²) in [5.41, 5.74) is 0.912. The lowest BCUT2D eigenvalue weighted by atomic mass is 10.1. The third kappa shape index (κ3) is 3.71. The monoisotopic (exact) mass is 393 g/mol. The van der Waals surface area contributed by atoms with Gasteiger partial charge in [-0.1, -0.05) is 35.9 Å². The highest BCUT2D eigenvalue weighted by atomic mass is 35.5. The van der Waals surface area contributed by atoms with Gasteiger partial charge in [0, 0.05) is 21.9 Å². The number of hydrogen-bond donors (Lipinski definition) is 0. The van der Waals surface area contributed by atoms with Gasteiger partial charge in [-0.2, -0.15) is 0 Å². The number of ether oxygens (including phenoxy) is 1. The molecule has 2 unspecified atom stereocenters. The van der Waals surface area contributed by atoms with E-state index < -0.39 is 29.1 Å². The number of nitrogens with zero attached hydrogens (tertiary/aromatic N) is 1. The van der Waals surface area contributed by atoms with Gasteiger partial charge in [0.05, 0.1) is 6.61 Å². The van der Waals surface area contributed by atoms with Crippen molar-refractivity contribution in [3.8, 4) is 0 Å². The maximum atomic E-state index is 13.6. The van der Waals surface area contributed by atoms with Crippen molar-refractivity contribution in [1.29, 1.82) is 0 Å². The highest BCUT2D eigenvalue weighted by Gasteiger charge is 2.44. The summed E-state index contributed by atoms with van der Waals surface area (Å²) in [5, 5.41) is 0.0559. The molecular formula is C19H17ClFNO3S. The Morgan fingerprint density at radius 1 is 1.27 bits per heavy atom. The molecule has 4 nitrogen and oxygen atoms in total. The first-order valence-corrected chi connectivity index (χ1v) is 9.56. The van der Waals surface area contributed by atoms with Crippen LogP contribution in [0.4, 0.5) is 4.39 Å². The molecule has 0 bridgehead atoms. The molecule has 2 aromatic carbocycles. The molecular weight excluding hydrogens is 377 g/mol. The first kappa shape index (κ1) is 18.7. The number of halogens is 2. The van der Waals surface area contributed by atoms with Gasteiger partial charge in [-0.3, -0.25) is 4.79 Å². The normalized spacial score (nSPS) is 19.4. The van der Waals surface area contributed by atoms with Gasteiger partial charge in [0.2, 0.25) is 0 Å². The van der Waals surface area contributed by atoms with Crippen LogP contribution in [0.5, 0.6) is 0 Å². The van der Waals surface area contributed by atoms with Crippen LogP contribution in [0.1, 0.15) is 28.2 Å². The van der Waals surface area contributed by atoms with Crippen molar-refractivity contribution in [2.45, 2.75) is 18.3 Å². The Kier molecular flexibility index (Phi) is 5.84. The molecule has 136 valence electrons. The molecule has 7 heteroatoms. The van der Waals surface area contributed by atoms with E-state index in [-0.39, 0.29) is 12.2 Å². The average molecular weight is 394 g/mol. The number of hydrogen-bond acceptors (Lipinski definition) is 4. The zero-order chi connectivity index (χ0) is 18.7. The molecule has 0 aliphatic carbocycles. The highest BCUT2D eigenvalue weighted by molar-refractivity contribution is 7.99. The van der Waals surface area contributed by atoms with E-state index in [4.69, 9.17) is 16.3 Å². The number of carbonyl (C=O) groups is 2. The predicted molar refractivity (Wildman–Crippen MR) is 99.6 cm³/mol. The summed E-state index contributed by atoms with van der Waals surface area (Å²) in [5.74, 6) is -1.03. The first-order chi connectivity index (χ1) is 12.5. The minimum atomic E-state index is -0.753. The summed E-state index contributed by atoms with van der Waals surface area (Å²) in [6.45, 7) is 1.93. The van der Waals surface area contributed by atoms with Crippen LogP contribution in [0.15, 0.2) is 48.5 Å². The van der Waals surface area contributed by atoms with Crippen LogP contribution >= 0.6 is 23.4 Å². The second kappa shape index (κ2) is 8.10. The molecule has 3 rings (SSSR count). The molecule has 2 atom stereocenters. The number of benzene rings is 2. The highest BCUT2D eigenvalue weighted by Crippen LogP contribution is 2.44. The number of carbonyl (C=O) groups excluding carboxylic acids is 2. The third-order valence-corrected chi connectivity index (χ3v) is 5.69. The van der Waals surface area contributed by atoms with Gasteiger partial charge >= 0.3 is 5.97 Å². The SMILES string of the molecule is CCOC(=O)C1CSC(c2ccccc2Cl)N1C(=O)c1cccc(F)c1. The lowest BCUT2D eigenvalue weighted by Gasteiger charge is -2.29. The quantitative estimate of drug-likeness (QED) is 0.726. The Hall–Kier alpha value is -2.05. The van der Waals surface area contributed by atoms with Crippen LogP contribution in [-0.2, 0) is 9.53 Å². The van der Waals surface area contributed by atoms with Gasteiger partial charge in [-0.15, -0.1) is 11.8 Å². The molecule has 1 aliphatic heterocycles. The molecule has 0 radical (unpaired) electrons. The molecule has 2 aromatic rings. The Morgan fingerprint density at radius 2 is 2.04 bits per heavy atom. The minimum absolute atomic E-state index is 0.179. The van der Waals surface area contributed by atoms with E-state index in [2.05, 4.69) is 0 Å². The average Bonchev–Trinajstić information content (AvgIpc) is 3.06. The summed E-state index contributed by atoms with van der Waals surface area (Å²) in [4.78, 5) is 26.9. The molecule has 1 aliphatic rings. The van der Waals surface area contributed by atoms with Gasteiger partial charge in [0.15, 0.2) is 0 Å². The van der Waals surface area contributed by atoms with Crippen LogP contribution in [0.3, 0.4) is 0 Å². The summed E-state index contributed by atoms with van der Waals surface area (Å²) in [7, 11) is 0. The molecule has 0 saturated carbocycles. The van der Waals surface area contributed by atoms with Crippen LogP contribution in [0.2, 0.25) is 5.02 Å². The lowest BCUT2D eigenvalue weighted by molar-refractivity contribution is -0.147. The molecule has 0 aromatic heterocycles. The fourth-order valence-corrected chi connectivity index (χ4v) is 4.61. The topological polar surface area (TPSA) is 46.6 Å². The van der Waals surface area contributed by atoms with Crippen molar-refractivity contribution in [2.24, 2.45) is 0 Å². The van der Waals surface area contributed by atoms with Crippen molar-refractivity contribution in [3.05, 3.63) is 70.5 Å². The van der Waals surface area contributed by atoms with E-state index in [1.54, 1.807) is 19.1 Å². The van der Waals surface area contributed by atoms with Gasteiger partial charge < -0.3 is 9.64 Å². The number of thioether (sulfide) groups is 1. The van der Waals surface area contributed by atoms with Gasteiger partial charge in [-0.05, 0) is 31.2 Å². The summed E-state index contributed by atoms with van der Waals surface area (Å²) in [6.07, 6.45) is 0. The molecule has 1 heterocycles. The van der Waals surface area contributed by atoms with Crippen molar-refractivity contribution in [3.63, 3.8) is 0 Å². The Balaban J connectivity index is 2.01. The number of rotatable bonds is 4. The van der Waals surface area contributed by atoms with E-state index in [1.165, 1.54) is 34.9 Å². The molecule has 1 amide bonds. The lowest BCUT2D eigenvalue weighted by Crippen LogP contribution is -2.44. The second-order valence-corrected chi connectivity index (χ2v) is 7.22. The summed E-state index contributed by atoms with van der Waals surface area (Å²) in [6, 6.07) is 11.9. The van der Waals surface area contributed by atoms with Crippen molar-refractivity contribution in [2.75, 3.05) is 12.4 Å². The molecule has 1 saturated heterocycles. The fraction of sp³-hybridized carbons (Fsp3) is 0.263. The fourth-order valence-electron chi connectivity index (χ4n) is 2.86. The smallest absolute Gasteiger partial charge is 0.329 e. The molecule has 1 fully saturated rings. The van der Waals surface area contributed by atoms with Crippen molar-refractivity contribution < 1.29 is 18.7 Å². The van der Waals surface area contributed by atoms with E-state index in [0.29, 0.717) is 10.8 Å². The Labute approximate surface area is 160 Å². The van der Waals surface area contributed by atoms with Gasteiger partial charge in [-0.25, -0.2) is 9.18 Å². The molecule has 0 N–H and O–H groups in total. The van der Waals surface area contributed by atoms with Crippen LogP contribution in [-0.4, -0.2) is 35.2 Å². The van der Waals surface area contributed by atoms with E-state index in [9.17, 15) is 14.0 Å². The maximum Gasteiger partial charge on any atom is 0.329 e. The number of esters is 1. The van der Waals surface area contributed by atoms with Crippen LogP contribution in [0.25, 0.3) is 0 Å². The van der Waals surface area contributed by atoms with E-state index >= 15 is 0 Å². The maximum absolute atomic E-state index is 13.6. The van der Waals surface area contributed by atoms with Gasteiger partial charge in [0.1, 0.15) is 17.2 Å². The van der Waals surface area contributed by atoms with Crippen LogP contribution in [0, 0.1) is 5.82 Å². The Bertz CT molecular complexity index is 832. The predicted octanol–water partition coefficient (Wildman–Crippen LogP) is 4.30. The second-order valence-electron chi connectivity index (χ2n) is 5.70. The zero-order valence-electron chi connectivity index (χ0n) is 14.0. The van der Waals surface area contributed by atoms with Crippen molar-refractivity contribution in [1.82, 2.24) is 4.90 Å². The minimum Gasteiger partial charge on any atom is -0.464 e. The first-order valence-electron chi connectivity index (χ1n) is 8.13. The largest absolute Gasteiger partial charge is 0.464 e. The third-order valence-electron chi connectivity index (χ3n) is 4.04. The van der Waals surface area contributed by atoms with Crippen molar-refractivity contribution >= 4 is 35.2 Å². The van der Waals surface area contributed by atoms with Crippen LogP contribution < -0.4 is 0 Å².